The predicted molar refractivity (Wildman–Crippen MR) is 76.4 cm³/mol. The molecule has 2 rings (SSSR count). The number of halogens is 2. The fourth-order valence-corrected chi connectivity index (χ4v) is 2.26. The smallest absolute Gasteiger partial charge is 0.123 e. The molecule has 0 aliphatic rings. The van der Waals surface area contributed by atoms with Crippen LogP contribution in [0.15, 0.2) is 54.6 Å². The molecule has 19 heavy (non-hydrogen) atoms. The van der Waals surface area contributed by atoms with Gasteiger partial charge in [-0.15, -0.1) is 11.6 Å². The monoisotopic (exact) mass is 278 g/mol. The molecule has 2 aromatic carbocycles. The van der Waals surface area contributed by atoms with E-state index in [-0.39, 0.29) is 11.7 Å². The Labute approximate surface area is 118 Å². The van der Waals surface area contributed by atoms with Crippen LogP contribution < -0.4 is 4.74 Å². The van der Waals surface area contributed by atoms with Crippen molar-refractivity contribution in [3.8, 4) is 5.75 Å². The van der Waals surface area contributed by atoms with Gasteiger partial charge in [-0.1, -0.05) is 30.3 Å². The molecule has 0 aliphatic carbocycles. The summed E-state index contributed by atoms with van der Waals surface area (Å²) in [6.45, 7) is 0.567. The summed E-state index contributed by atoms with van der Waals surface area (Å²) in [5, 5.41) is 0. The molecule has 2 aromatic rings. The first-order valence-corrected chi connectivity index (χ1v) is 6.82. The highest BCUT2D eigenvalue weighted by atomic mass is 35.5. The molecule has 0 saturated heterocycles. The van der Waals surface area contributed by atoms with E-state index in [0.717, 1.165) is 17.7 Å². The Hall–Kier alpha value is -1.54. The third-order valence-corrected chi connectivity index (χ3v) is 3.36. The summed E-state index contributed by atoms with van der Waals surface area (Å²) in [5.74, 6) is 1.19. The van der Waals surface area contributed by atoms with Crippen molar-refractivity contribution in [2.24, 2.45) is 0 Å². The van der Waals surface area contributed by atoms with Gasteiger partial charge in [-0.2, -0.15) is 0 Å². The van der Waals surface area contributed by atoms with E-state index in [9.17, 15) is 4.39 Å². The first-order valence-electron chi connectivity index (χ1n) is 6.29. The van der Waals surface area contributed by atoms with Crippen molar-refractivity contribution in [2.75, 3.05) is 12.5 Å². The molecule has 0 bridgehead atoms. The van der Waals surface area contributed by atoms with Gasteiger partial charge in [0.15, 0.2) is 0 Å². The van der Waals surface area contributed by atoms with E-state index in [1.807, 2.05) is 36.4 Å². The number of ether oxygens (including phenoxy) is 1. The minimum atomic E-state index is -0.225. The third kappa shape index (κ3) is 4.25. The van der Waals surface area contributed by atoms with E-state index >= 15 is 0 Å². The second-order valence-corrected chi connectivity index (χ2v) is 4.67. The SMILES string of the molecule is Fc1cccc(C(CCl)CCOc2ccccc2)c1. The fraction of sp³-hybridized carbons (Fsp3) is 0.250. The lowest BCUT2D eigenvalue weighted by Crippen LogP contribution is -2.07. The normalized spacial score (nSPS) is 12.1. The summed E-state index contributed by atoms with van der Waals surface area (Å²) in [6, 6.07) is 16.2. The van der Waals surface area contributed by atoms with Crippen LogP contribution in [0.5, 0.6) is 5.75 Å². The summed E-state index contributed by atoms with van der Waals surface area (Å²) in [6.07, 6.45) is 0.766. The van der Waals surface area contributed by atoms with Crippen molar-refractivity contribution < 1.29 is 9.13 Å². The summed E-state index contributed by atoms with van der Waals surface area (Å²) in [4.78, 5) is 0. The molecule has 0 aliphatic heterocycles. The molecule has 0 aromatic heterocycles. The molecule has 0 N–H and O–H groups in total. The molecule has 1 unspecified atom stereocenters. The zero-order valence-corrected chi connectivity index (χ0v) is 11.3. The van der Waals surface area contributed by atoms with Crippen LogP contribution in [0.4, 0.5) is 4.39 Å². The van der Waals surface area contributed by atoms with E-state index in [1.54, 1.807) is 6.07 Å². The first kappa shape index (κ1) is 13.9. The van der Waals surface area contributed by atoms with Crippen molar-refractivity contribution in [3.63, 3.8) is 0 Å². The molecule has 100 valence electrons. The van der Waals surface area contributed by atoms with E-state index in [0.29, 0.717) is 12.5 Å². The maximum absolute atomic E-state index is 13.2. The van der Waals surface area contributed by atoms with Gasteiger partial charge in [0.1, 0.15) is 11.6 Å². The van der Waals surface area contributed by atoms with Crippen LogP contribution >= 0.6 is 11.6 Å². The van der Waals surface area contributed by atoms with Crippen molar-refractivity contribution >= 4 is 11.6 Å². The molecule has 3 heteroatoms. The first-order chi connectivity index (χ1) is 9.29. The van der Waals surface area contributed by atoms with Crippen LogP contribution in [0.3, 0.4) is 0 Å². The minimum Gasteiger partial charge on any atom is -0.494 e. The average Bonchev–Trinajstić information content (AvgIpc) is 2.45. The number of hydrogen-bond donors (Lipinski definition) is 0. The number of benzene rings is 2. The Morgan fingerprint density at radius 2 is 1.84 bits per heavy atom. The molecule has 0 spiro atoms. The molecular weight excluding hydrogens is 263 g/mol. The maximum atomic E-state index is 13.2. The van der Waals surface area contributed by atoms with Gasteiger partial charge in [0, 0.05) is 11.8 Å². The summed E-state index contributed by atoms with van der Waals surface area (Å²) >= 11 is 5.96. The largest absolute Gasteiger partial charge is 0.494 e. The van der Waals surface area contributed by atoms with Gasteiger partial charge in [0.25, 0.3) is 0 Å². The van der Waals surface area contributed by atoms with Crippen LogP contribution in [0, 0.1) is 5.82 Å². The van der Waals surface area contributed by atoms with E-state index in [4.69, 9.17) is 16.3 Å². The molecule has 0 amide bonds. The Bertz CT molecular complexity index is 501. The Balaban J connectivity index is 1.89. The van der Waals surface area contributed by atoms with Crippen LogP contribution in [-0.4, -0.2) is 12.5 Å². The molecule has 0 heterocycles. The lowest BCUT2D eigenvalue weighted by atomic mass is 9.98. The lowest BCUT2D eigenvalue weighted by molar-refractivity contribution is 0.301. The minimum absolute atomic E-state index is 0.112. The molecule has 1 nitrogen and oxygen atoms in total. The van der Waals surface area contributed by atoms with Gasteiger partial charge in [-0.05, 0) is 36.2 Å². The lowest BCUT2D eigenvalue weighted by Gasteiger charge is -2.15. The summed E-state index contributed by atoms with van der Waals surface area (Å²) < 4.78 is 18.8. The molecule has 0 fully saturated rings. The van der Waals surface area contributed by atoms with Crippen LogP contribution in [0.25, 0.3) is 0 Å². The molecule has 0 saturated carbocycles. The van der Waals surface area contributed by atoms with Gasteiger partial charge in [-0.25, -0.2) is 4.39 Å². The number of hydrogen-bond acceptors (Lipinski definition) is 1. The molecule has 0 radical (unpaired) electrons. The Morgan fingerprint density at radius 3 is 2.53 bits per heavy atom. The zero-order chi connectivity index (χ0) is 13.5. The van der Waals surface area contributed by atoms with Crippen molar-refractivity contribution in [3.05, 3.63) is 66.0 Å². The van der Waals surface area contributed by atoms with Crippen LogP contribution in [-0.2, 0) is 0 Å². The van der Waals surface area contributed by atoms with Gasteiger partial charge in [0.2, 0.25) is 0 Å². The Morgan fingerprint density at radius 1 is 1.05 bits per heavy atom. The predicted octanol–water partition coefficient (Wildman–Crippen LogP) is 4.62. The topological polar surface area (TPSA) is 9.23 Å². The highest BCUT2D eigenvalue weighted by molar-refractivity contribution is 6.18. The quantitative estimate of drug-likeness (QED) is 0.701. The second-order valence-electron chi connectivity index (χ2n) is 4.36. The summed E-state index contributed by atoms with van der Waals surface area (Å²) in [5.41, 5.74) is 0.923. The maximum Gasteiger partial charge on any atom is 0.123 e. The van der Waals surface area contributed by atoms with E-state index in [2.05, 4.69) is 0 Å². The van der Waals surface area contributed by atoms with Crippen molar-refractivity contribution in [1.29, 1.82) is 0 Å². The highest BCUT2D eigenvalue weighted by Gasteiger charge is 2.11. The molecule has 1 atom stereocenters. The third-order valence-electron chi connectivity index (χ3n) is 2.98. The van der Waals surface area contributed by atoms with E-state index < -0.39 is 0 Å². The number of alkyl halides is 1. The number of para-hydroxylation sites is 1. The standard InChI is InChI=1S/C16H16ClFO/c17-12-14(13-5-4-6-15(18)11-13)9-10-19-16-7-2-1-3-8-16/h1-8,11,14H,9-10,12H2. The van der Waals surface area contributed by atoms with Gasteiger partial charge >= 0.3 is 0 Å². The average molecular weight is 279 g/mol. The van der Waals surface area contributed by atoms with Gasteiger partial charge in [0.05, 0.1) is 6.61 Å². The summed E-state index contributed by atoms with van der Waals surface area (Å²) in [7, 11) is 0. The van der Waals surface area contributed by atoms with Gasteiger partial charge < -0.3 is 4.74 Å². The van der Waals surface area contributed by atoms with Crippen molar-refractivity contribution in [1.82, 2.24) is 0 Å². The van der Waals surface area contributed by atoms with Crippen LogP contribution in [0.2, 0.25) is 0 Å². The van der Waals surface area contributed by atoms with Crippen molar-refractivity contribution in [2.45, 2.75) is 12.3 Å². The zero-order valence-electron chi connectivity index (χ0n) is 10.6. The molecular formula is C16H16ClFO. The Kier molecular flexibility index (Phi) is 5.22. The second kappa shape index (κ2) is 7.15. The van der Waals surface area contributed by atoms with E-state index in [1.165, 1.54) is 12.1 Å². The number of rotatable bonds is 6. The fourth-order valence-electron chi connectivity index (χ4n) is 1.93. The van der Waals surface area contributed by atoms with Crippen LogP contribution in [0.1, 0.15) is 17.9 Å². The van der Waals surface area contributed by atoms with Gasteiger partial charge in [-0.3, -0.25) is 0 Å². The highest BCUT2D eigenvalue weighted by Crippen LogP contribution is 2.22.